The van der Waals surface area contributed by atoms with E-state index in [-0.39, 0.29) is 11.8 Å². The van der Waals surface area contributed by atoms with E-state index in [2.05, 4.69) is 11.1 Å². The molecule has 6 heteroatoms. The second-order valence-corrected chi connectivity index (χ2v) is 6.25. The maximum absolute atomic E-state index is 9.72. The fourth-order valence-electron chi connectivity index (χ4n) is 3.57. The normalized spacial score (nSPS) is 18.3. The number of ether oxygens (including phenoxy) is 3. The molecule has 134 valence electrons. The molecular weight excluding hydrogens is 342 g/mol. The van der Waals surface area contributed by atoms with Gasteiger partial charge >= 0.3 is 0 Å². The Morgan fingerprint density at radius 3 is 2.67 bits per heavy atom. The fourth-order valence-corrected chi connectivity index (χ4v) is 3.57. The predicted octanol–water partition coefficient (Wildman–Crippen LogP) is 3.89. The summed E-state index contributed by atoms with van der Waals surface area (Å²) in [7, 11) is 3.15. The zero-order valence-corrected chi connectivity index (χ0v) is 14.9. The summed E-state index contributed by atoms with van der Waals surface area (Å²) < 4.78 is 16.5. The topological polar surface area (TPSA) is 88.2 Å². The van der Waals surface area contributed by atoms with E-state index >= 15 is 0 Å². The summed E-state index contributed by atoms with van der Waals surface area (Å²) >= 11 is 0. The number of aromatic nitrogens is 1. The lowest BCUT2D eigenvalue weighted by molar-refractivity contribution is 0.354. The van der Waals surface area contributed by atoms with E-state index in [0.29, 0.717) is 17.2 Å². The standard InChI is InChI=1S/C21H17N3O3/c1-25-17-6-4-12(9-18(17)26-2)19-15-5-3-13-11-24-8-7-14(13)20(15)27-21(23)16(19)10-22/h3-9,11,16,19,23H,1-2H3. The fraction of sp³-hybridized carbons (Fsp3) is 0.190. The Morgan fingerprint density at radius 1 is 1.11 bits per heavy atom. The SMILES string of the molecule is COc1ccc(C2c3ccc4cnccc4c3OC(=N)C2C#N)cc1OC. The maximum atomic E-state index is 9.72. The molecule has 0 radical (unpaired) electrons. The Balaban J connectivity index is 1.95. The summed E-state index contributed by atoms with van der Waals surface area (Å²) in [5.41, 5.74) is 1.73. The van der Waals surface area contributed by atoms with Crippen LogP contribution in [0, 0.1) is 22.7 Å². The third kappa shape index (κ3) is 2.64. The number of methoxy groups -OCH3 is 2. The van der Waals surface area contributed by atoms with Gasteiger partial charge in [-0.3, -0.25) is 10.4 Å². The van der Waals surface area contributed by atoms with Crippen molar-refractivity contribution >= 4 is 16.7 Å². The van der Waals surface area contributed by atoms with Gasteiger partial charge in [-0.2, -0.15) is 5.26 Å². The molecule has 2 atom stereocenters. The molecule has 0 spiro atoms. The van der Waals surface area contributed by atoms with E-state index in [9.17, 15) is 5.26 Å². The van der Waals surface area contributed by atoms with Crippen molar-refractivity contribution in [1.82, 2.24) is 4.98 Å². The van der Waals surface area contributed by atoms with Crippen LogP contribution in [0.1, 0.15) is 17.0 Å². The molecule has 6 nitrogen and oxygen atoms in total. The van der Waals surface area contributed by atoms with Crippen molar-refractivity contribution in [2.45, 2.75) is 5.92 Å². The average molecular weight is 359 g/mol. The molecule has 0 fully saturated rings. The highest BCUT2D eigenvalue weighted by Gasteiger charge is 2.38. The molecule has 1 N–H and O–H groups in total. The van der Waals surface area contributed by atoms with Crippen molar-refractivity contribution in [3.8, 4) is 23.3 Å². The third-order valence-corrected chi connectivity index (χ3v) is 4.87. The van der Waals surface area contributed by atoms with Gasteiger partial charge in [-0.15, -0.1) is 0 Å². The molecule has 0 saturated carbocycles. The lowest BCUT2D eigenvalue weighted by Crippen LogP contribution is -2.31. The highest BCUT2D eigenvalue weighted by atomic mass is 16.5. The minimum atomic E-state index is -0.727. The number of benzene rings is 2. The first-order chi connectivity index (χ1) is 13.2. The molecule has 27 heavy (non-hydrogen) atoms. The predicted molar refractivity (Wildman–Crippen MR) is 101 cm³/mol. The molecule has 4 rings (SSSR count). The van der Waals surface area contributed by atoms with Crippen LogP contribution < -0.4 is 14.2 Å². The van der Waals surface area contributed by atoms with Gasteiger partial charge in [-0.1, -0.05) is 18.2 Å². The minimum absolute atomic E-state index is 0.0610. The van der Waals surface area contributed by atoms with Crippen LogP contribution in [0.3, 0.4) is 0 Å². The number of rotatable bonds is 3. The third-order valence-electron chi connectivity index (χ3n) is 4.87. The Bertz CT molecular complexity index is 1090. The van der Waals surface area contributed by atoms with Gasteiger partial charge in [0, 0.05) is 34.6 Å². The Kier molecular flexibility index (Phi) is 4.13. The monoisotopic (exact) mass is 359 g/mol. The van der Waals surface area contributed by atoms with Gasteiger partial charge in [0.15, 0.2) is 11.5 Å². The second-order valence-electron chi connectivity index (χ2n) is 6.25. The number of nitrogens with zero attached hydrogens (tertiary/aromatic N) is 2. The summed E-state index contributed by atoms with van der Waals surface area (Å²) in [4.78, 5) is 4.14. The van der Waals surface area contributed by atoms with E-state index in [1.807, 2.05) is 36.4 Å². The van der Waals surface area contributed by atoms with E-state index in [0.717, 1.165) is 21.9 Å². The quantitative estimate of drug-likeness (QED) is 0.766. The van der Waals surface area contributed by atoms with Crippen LogP contribution >= 0.6 is 0 Å². The Morgan fingerprint density at radius 2 is 1.93 bits per heavy atom. The van der Waals surface area contributed by atoms with Crippen molar-refractivity contribution in [1.29, 1.82) is 10.7 Å². The highest BCUT2D eigenvalue weighted by molar-refractivity contribution is 5.95. The van der Waals surface area contributed by atoms with Gasteiger partial charge in [-0.25, -0.2) is 0 Å². The molecule has 0 saturated heterocycles. The summed E-state index contributed by atoms with van der Waals surface area (Å²) in [5, 5.41) is 19.8. The van der Waals surface area contributed by atoms with Crippen molar-refractivity contribution in [2.24, 2.45) is 5.92 Å². The number of nitrogens with one attached hydrogen (secondary N) is 1. The summed E-state index contributed by atoms with van der Waals surface area (Å²) in [6.07, 6.45) is 3.45. The summed E-state index contributed by atoms with van der Waals surface area (Å²) in [6.45, 7) is 0. The Hall–Kier alpha value is -3.59. The van der Waals surface area contributed by atoms with Gasteiger partial charge in [-0.05, 0) is 23.8 Å². The van der Waals surface area contributed by atoms with Gasteiger partial charge in [0.1, 0.15) is 11.7 Å². The number of hydrogen-bond donors (Lipinski definition) is 1. The smallest absolute Gasteiger partial charge is 0.205 e. The molecular formula is C21H17N3O3. The van der Waals surface area contributed by atoms with Crippen LogP contribution in [0.5, 0.6) is 17.2 Å². The van der Waals surface area contributed by atoms with E-state index in [4.69, 9.17) is 19.6 Å². The molecule has 1 aliphatic heterocycles. The van der Waals surface area contributed by atoms with Crippen LogP contribution in [-0.2, 0) is 0 Å². The molecule has 2 unspecified atom stereocenters. The molecule has 0 amide bonds. The van der Waals surface area contributed by atoms with E-state index < -0.39 is 5.92 Å². The molecule has 2 heterocycles. The van der Waals surface area contributed by atoms with E-state index in [1.165, 1.54) is 0 Å². The first-order valence-electron chi connectivity index (χ1n) is 8.42. The number of fused-ring (bicyclic) bond motifs is 3. The van der Waals surface area contributed by atoms with Crippen molar-refractivity contribution in [2.75, 3.05) is 14.2 Å². The van der Waals surface area contributed by atoms with Crippen LogP contribution in [0.25, 0.3) is 10.8 Å². The first kappa shape index (κ1) is 16.9. The number of hydrogen-bond acceptors (Lipinski definition) is 6. The number of pyridine rings is 1. The van der Waals surface area contributed by atoms with Gasteiger partial charge < -0.3 is 14.2 Å². The lowest BCUT2D eigenvalue weighted by Gasteiger charge is -2.31. The van der Waals surface area contributed by atoms with Crippen LogP contribution in [0.4, 0.5) is 0 Å². The average Bonchev–Trinajstić information content (AvgIpc) is 2.72. The van der Waals surface area contributed by atoms with Crippen molar-refractivity contribution < 1.29 is 14.2 Å². The van der Waals surface area contributed by atoms with Crippen molar-refractivity contribution in [3.05, 3.63) is 59.9 Å². The van der Waals surface area contributed by atoms with Crippen LogP contribution in [0.15, 0.2) is 48.8 Å². The van der Waals surface area contributed by atoms with E-state index in [1.54, 1.807) is 26.6 Å². The molecule has 1 aromatic heterocycles. The molecule has 1 aliphatic rings. The van der Waals surface area contributed by atoms with Crippen LogP contribution in [-0.4, -0.2) is 25.1 Å². The van der Waals surface area contributed by atoms with Gasteiger partial charge in [0.05, 0.1) is 20.3 Å². The second kappa shape index (κ2) is 6.61. The Labute approximate surface area is 156 Å². The zero-order valence-electron chi connectivity index (χ0n) is 14.9. The van der Waals surface area contributed by atoms with Gasteiger partial charge in [0.25, 0.3) is 0 Å². The van der Waals surface area contributed by atoms with Crippen molar-refractivity contribution in [3.63, 3.8) is 0 Å². The molecule has 0 aliphatic carbocycles. The highest BCUT2D eigenvalue weighted by Crippen LogP contribution is 2.46. The first-order valence-corrected chi connectivity index (χ1v) is 8.42. The lowest BCUT2D eigenvalue weighted by atomic mass is 9.78. The largest absolute Gasteiger partial charge is 0.493 e. The molecule has 0 bridgehead atoms. The molecule has 3 aromatic rings. The zero-order chi connectivity index (χ0) is 19.0. The van der Waals surface area contributed by atoms with Gasteiger partial charge in [0.2, 0.25) is 5.90 Å². The van der Waals surface area contributed by atoms with Crippen LogP contribution in [0.2, 0.25) is 0 Å². The maximum Gasteiger partial charge on any atom is 0.205 e. The minimum Gasteiger partial charge on any atom is -0.493 e. The molecule has 2 aromatic carbocycles. The summed E-state index contributed by atoms with van der Waals surface area (Å²) in [6, 6.07) is 13.6. The number of nitriles is 1. The summed E-state index contributed by atoms with van der Waals surface area (Å²) in [5.74, 6) is 0.664.